The molecule has 2 aromatic rings. The molecule has 1 aromatic heterocycles. The summed E-state index contributed by atoms with van der Waals surface area (Å²) >= 11 is 0. The van der Waals surface area contributed by atoms with Gasteiger partial charge in [-0.3, -0.25) is 4.98 Å². The Morgan fingerprint density at radius 3 is 2.94 bits per heavy atom. The number of benzene rings is 1. The van der Waals surface area contributed by atoms with Gasteiger partial charge in [0.2, 0.25) is 0 Å². The maximum Gasteiger partial charge on any atom is 0.0775 e. The number of rotatable bonds is 3. The molecule has 1 aliphatic rings. The van der Waals surface area contributed by atoms with Crippen LogP contribution in [0.4, 0.5) is 0 Å². The third-order valence-corrected chi connectivity index (χ3v) is 3.43. The lowest BCUT2D eigenvalue weighted by Gasteiger charge is -2.14. The second-order valence-electron chi connectivity index (χ2n) is 4.50. The van der Waals surface area contributed by atoms with Crippen LogP contribution < -0.4 is 5.90 Å². The third kappa shape index (κ3) is 1.49. The standard InChI is InChI=1S/C13H14N2O/c14-16-9-13(5-6-13)11-4-3-10-2-1-7-15-12(10)8-11/h1-4,7-8H,5-6,9,14H2. The smallest absolute Gasteiger partial charge is 0.0775 e. The average Bonchev–Trinajstić information content (AvgIpc) is 3.10. The molecule has 0 unspecified atom stereocenters. The maximum absolute atomic E-state index is 5.19. The number of hydrogen-bond donors (Lipinski definition) is 1. The molecule has 3 heteroatoms. The van der Waals surface area contributed by atoms with Gasteiger partial charge >= 0.3 is 0 Å². The predicted octanol–water partition coefficient (Wildman–Crippen LogP) is 2.16. The van der Waals surface area contributed by atoms with E-state index in [0.29, 0.717) is 6.61 Å². The first-order valence-corrected chi connectivity index (χ1v) is 5.51. The Morgan fingerprint density at radius 1 is 1.31 bits per heavy atom. The number of nitrogens with zero attached hydrogens (tertiary/aromatic N) is 1. The number of aromatic nitrogens is 1. The van der Waals surface area contributed by atoms with Gasteiger partial charge in [-0.05, 0) is 30.5 Å². The first kappa shape index (κ1) is 9.75. The first-order valence-electron chi connectivity index (χ1n) is 5.51. The van der Waals surface area contributed by atoms with Crippen LogP contribution >= 0.6 is 0 Å². The van der Waals surface area contributed by atoms with Crippen molar-refractivity contribution in [2.45, 2.75) is 18.3 Å². The van der Waals surface area contributed by atoms with E-state index in [1.807, 2.05) is 12.3 Å². The molecule has 1 fully saturated rings. The highest BCUT2D eigenvalue weighted by atomic mass is 16.6. The van der Waals surface area contributed by atoms with E-state index in [2.05, 4.69) is 29.2 Å². The van der Waals surface area contributed by atoms with Gasteiger partial charge in [0.05, 0.1) is 12.1 Å². The number of nitrogens with two attached hydrogens (primary N) is 1. The van der Waals surface area contributed by atoms with Crippen LogP contribution in [0.5, 0.6) is 0 Å². The number of fused-ring (bicyclic) bond motifs is 1. The SMILES string of the molecule is NOCC1(c2ccc3cccnc3c2)CC1. The Bertz CT molecular complexity index is 520. The van der Waals surface area contributed by atoms with Crippen molar-refractivity contribution >= 4 is 10.9 Å². The lowest BCUT2D eigenvalue weighted by molar-refractivity contribution is 0.116. The highest BCUT2D eigenvalue weighted by molar-refractivity contribution is 5.79. The minimum Gasteiger partial charge on any atom is -0.304 e. The van der Waals surface area contributed by atoms with Crippen molar-refractivity contribution in [1.82, 2.24) is 4.98 Å². The van der Waals surface area contributed by atoms with Crippen LogP contribution in [-0.2, 0) is 10.3 Å². The molecule has 3 nitrogen and oxygen atoms in total. The highest BCUT2D eigenvalue weighted by Crippen LogP contribution is 2.48. The average molecular weight is 214 g/mol. The van der Waals surface area contributed by atoms with Crippen molar-refractivity contribution in [1.29, 1.82) is 0 Å². The fourth-order valence-corrected chi connectivity index (χ4v) is 2.22. The molecule has 1 heterocycles. The van der Waals surface area contributed by atoms with E-state index in [-0.39, 0.29) is 5.41 Å². The molecule has 0 aliphatic heterocycles. The molecule has 0 saturated heterocycles. The van der Waals surface area contributed by atoms with Gasteiger partial charge in [0.15, 0.2) is 0 Å². The largest absolute Gasteiger partial charge is 0.304 e. The van der Waals surface area contributed by atoms with E-state index < -0.39 is 0 Å². The summed E-state index contributed by atoms with van der Waals surface area (Å²) in [5, 5.41) is 1.18. The summed E-state index contributed by atoms with van der Waals surface area (Å²) in [6.07, 6.45) is 4.14. The summed E-state index contributed by atoms with van der Waals surface area (Å²) in [6.45, 7) is 0.603. The Kier molecular flexibility index (Phi) is 2.16. The minimum absolute atomic E-state index is 0.153. The first-order chi connectivity index (χ1) is 7.84. The van der Waals surface area contributed by atoms with Gasteiger partial charge in [0.25, 0.3) is 0 Å². The number of hydrogen-bond acceptors (Lipinski definition) is 3. The number of pyridine rings is 1. The Balaban J connectivity index is 2.05. The van der Waals surface area contributed by atoms with Gasteiger partial charge in [-0.2, -0.15) is 0 Å². The summed E-state index contributed by atoms with van der Waals surface area (Å²) in [5.74, 6) is 5.19. The summed E-state index contributed by atoms with van der Waals surface area (Å²) in [7, 11) is 0. The molecule has 1 aromatic carbocycles. The molecule has 0 spiro atoms. The normalized spacial score (nSPS) is 17.6. The van der Waals surface area contributed by atoms with Crippen LogP contribution in [0.3, 0.4) is 0 Å². The van der Waals surface area contributed by atoms with Crippen LogP contribution in [-0.4, -0.2) is 11.6 Å². The van der Waals surface area contributed by atoms with Gasteiger partial charge in [0.1, 0.15) is 0 Å². The second kappa shape index (κ2) is 3.54. The molecular formula is C13H14N2O. The molecule has 16 heavy (non-hydrogen) atoms. The summed E-state index contributed by atoms with van der Waals surface area (Å²) in [6, 6.07) is 10.5. The molecule has 0 amide bonds. The maximum atomic E-state index is 5.19. The lowest BCUT2D eigenvalue weighted by atomic mass is 9.96. The van der Waals surface area contributed by atoms with E-state index in [9.17, 15) is 0 Å². The zero-order valence-corrected chi connectivity index (χ0v) is 9.02. The van der Waals surface area contributed by atoms with Gasteiger partial charge in [0, 0.05) is 17.0 Å². The van der Waals surface area contributed by atoms with E-state index in [0.717, 1.165) is 18.4 Å². The molecule has 2 N–H and O–H groups in total. The van der Waals surface area contributed by atoms with Crippen LogP contribution in [0.25, 0.3) is 10.9 Å². The van der Waals surface area contributed by atoms with Crippen molar-refractivity contribution in [3.63, 3.8) is 0 Å². The van der Waals surface area contributed by atoms with E-state index in [4.69, 9.17) is 10.7 Å². The third-order valence-electron chi connectivity index (χ3n) is 3.43. The van der Waals surface area contributed by atoms with Crippen molar-refractivity contribution in [3.8, 4) is 0 Å². The van der Waals surface area contributed by atoms with Gasteiger partial charge < -0.3 is 4.84 Å². The Labute approximate surface area is 94.2 Å². The van der Waals surface area contributed by atoms with E-state index in [1.165, 1.54) is 10.9 Å². The van der Waals surface area contributed by atoms with Crippen LogP contribution in [0.1, 0.15) is 18.4 Å². The summed E-state index contributed by atoms with van der Waals surface area (Å²) in [4.78, 5) is 9.19. The van der Waals surface area contributed by atoms with Gasteiger partial charge in [-0.1, -0.05) is 18.2 Å². The quantitative estimate of drug-likeness (QED) is 0.796. The Hall–Kier alpha value is -1.45. The lowest BCUT2D eigenvalue weighted by Crippen LogP contribution is -2.17. The van der Waals surface area contributed by atoms with Gasteiger partial charge in [-0.25, -0.2) is 5.90 Å². The molecule has 3 rings (SSSR count). The highest BCUT2D eigenvalue weighted by Gasteiger charge is 2.44. The molecular weight excluding hydrogens is 200 g/mol. The summed E-state index contributed by atoms with van der Waals surface area (Å²) in [5.41, 5.74) is 2.49. The monoisotopic (exact) mass is 214 g/mol. The van der Waals surface area contributed by atoms with Crippen LogP contribution in [0.15, 0.2) is 36.5 Å². The van der Waals surface area contributed by atoms with Gasteiger partial charge in [-0.15, -0.1) is 0 Å². The fraction of sp³-hybridized carbons (Fsp3) is 0.308. The molecule has 82 valence electrons. The second-order valence-corrected chi connectivity index (χ2v) is 4.50. The predicted molar refractivity (Wildman–Crippen MR) is 62.8 cm³/mol. The van der Waals surface area contributed by atoms with Crippen molar-refractivity contribution in [2.24, 2.45) is 5.90 Å². The van der Waals surface area contributed by atoms with Crippen molar-refractivity contribution < 1.29 is 4.84 Å². The summed E-state index contributed by atoms with van der Waals surface area (Å²) < 4.78 is 0. The molecule has 1 saturated carbocycles. The van der Waals surface area contributed by atoms with E-state index in [1.54, 1.807) is 0 Å². The molecule has 1 aliphatic carbocycles. The molecule has 0 radical (unpaired) electrons. The molecule has 0 bridgehead atoms. The molecule has 0 atom stereocenters. The Morgan fingerprint density at radius 2 is 2.19 bits per heavy atom. The van der Waals surface area contributed by atoms with Crippen molar-refractivity contribution in [2.75, 3.05) is 6.61 Å². The minimum atomic E-state index is 0.153. The zero-order chi connectivity index (χ0) is 11.0. The fourth-order valence-electron chi connectivity index (χ4n) is 2.22. The van der Waals surface area contributed by atoms with Crippen LogP contribution in [0, 0.1) is 0 Å². The van der Waals surface area contributed by atoms with E-state index >= 15 is 0 Å². The topological polar surface area (TPSA) is 48.1 Å². The van der Waals surface area contributed by atoms with Crippen LogP contribution in [0.2, 0.25) is 0 Å². The zero-order valence-electron chi connectivity index (χ0n) is 9.02. The van der Waals surface area contributed by atoms with Crippen molar-refractivity contribution in [3.05, 3.63) is 42.1 Å².